The summed E-state index contributed by atoms with van der Waals surface area (Å²) in [6.45, 7) is 2.90. The van der Waals surface area contributed by atoms with E-state index in [0.29, 0.717) is 11.1 Å². The molecule has 214 valence electrons. The van der Waals surface area contributed by atoms with E-state index in [1.165, 1.54) is 0 Å². The van der Waals surface area contributed by atoms with Crippen molar-refractivity contribution >= 4 is 33.4 Å². The largest absolute Gasteiger partial charge is 0.712 e. The fourth-order valence-corrected chi connectivity index (χ4v) is 5.91. The summed E-state index contributed by atoms with van der Waals surface area (Å²) in [5.41, 5.74) is 8.68. The lowest BCUT2D eigenvalue weighted by Gasteiger charge is -2.29. The predicted molar refractivity (Wildman–Crippen MR) is 147 cm³/mol. The number of ketones is 1. The van der Waals surface area contributed by atoms with Crippen molar-refractivity contribution in [2.75, 3.05) is 6.54 Å². The number of oxime groups is 1. The van der Waals surface area contributed by atoms with Gasteiger partial charge in [0.1, 0.15) is 0 Å². The number of hydrogen-bond donors (Lipinski definition) is 3. The quantitative estimate of drug-likeness (QED) is 0.274. The molecule has 1 aliphatic rings. The summed E-state index contributed by atoms with van der Waals surface area (Å²) < 4.78 is 28.8. The van der Waals surface area contributed by atoms with Crippen LogP contribution >= 0.6 is 0 Å². The van der Waals surface area contributed by atoms with Crippen LogP contribution < -0.4 is 10.0 Å². The van der Waals surface area contributed by atoms with Crippen molar-refractivity contribution in [3.63, 3.8) is 0 Å². The smallest absolute Gasteiger partial charge is 0.305 e. The van der Waals surface area contributed by atoms with Crippen molar-refractivity contribution in [2.45, 2.75) is 56.5 Å². The minimum absolute atomic E-state index is 0.00656. The van der Waals surface area contributed by atoms with Crippen molar-refractivity contribution in [3.05, 3.63) is 77.3 Å². The highest BCUT2D eigenvalue weighted by Gasteiger charge is 2.49. The molecule has 1 heterocycles. The molecule has 0 bridgehead atoms. The van der Waals surface area contributed by atoms with Crippen LogP contribution in [0.5, 0.6) is 0 Å². The summed E-state index contributed by atoms with van der Waals surface area (Å²) in [5, 5.41) is 18.6. The predicted octanol–water partition coefficient (Wildman–Crippen LogP) is 2.44. The molecule has 2 unspecified atom stereocenters. The number of aliphatic carboxylic acids is 1. The van der Waals surface area contributed by atoms with E-state index in [0.717, 1.165) is 0 Å². The molecule has 0 fully saturated rings. The first kappa shape index (κ1) is 30.6. The zero-order valence-corrected chi connectivity index (χ0v) is 23.0. The molecule has 3 N–H and O–H groups in total. The molecule has 0 saturated heterocycles. The van der Waals surface area contributed by atoms with Gasteiger partial charge in [-0.2, -0.15) is 0 Å². The molecule has 0 aliphatic carbocycles. The minimum atomic E-state index is -3.81. The van der Waals surface area contributed by atoms with E-state index in [1.54, 1.807) is 74.5 Å². The maximum absolute atomic E-state index is 13.7. The lowest BCUT2D eigenvalue weighted by atomic mass is 9.85. The lowest BCUT2D eigenvalue weighted by molar-refractivity contribution is -0.147. The second-order valence-electron chi connectivity index (χ2n) is 9.98. The standard InChI is InChI=1S/C27H32N5O7S/c1-18(2)25(32-40(37,38)17-20-11-7-4-8-12-20)22-15-27(39-31-22,14-19-9-5-3-6-10-19)26(36)30-21(13-24(34)35)23(33)16-29-28/h3-12,18,21,25,32H,13-17H2,1-2H3,(H,30,36)(H,34,35)/q-1/t21-,25?,27?/m0/s1. The Balaban J connectivity index is 1.88. The number of amides is 1. The van der Waals surface area contributed by atoms with E-state index in [4.69, 9.17) is 10.4 Å². The van der Waals surface area contributed by atoms with Gasteiger partial charge in [-0.15, -0.1) is 0 Å². The summed E-state index contributed by atoms with van der Waals surface area (Å²) in [4.78, 5) is 43.1. The van der Waals surface area contributed by atoms with Crippen molar-refractivity contribution in [3.8, 4) is 0 Å². The fourth-order valence-electron chi connectivity index (χ4n) is 4.40. The molecule has 0 saturated carbocycles. The molecule has 3 atom stereocenters. The molecule has 1 amide bonds. The Morgan fingerprint density at radius 3 is 2.23 bits per heavy atom. The van der Waals surface area contributed by atoms with E-state index in [1.807, 2.05) is 0 Å². The van der Waals surface area contributed by atoms with Crippen LogP contribution in [0.15, 0.2) is 70.9 Å². The number of carbonyl (C=O) groups excluding carboxylic acids is 2. The van der Waals surface area contributed by atoms with Crippen LogP contribution in [0, 0.1) is 5.92 Å². The third kappa shape index (κ3) is 8.26. The Morgan fingerprint density at radius 2 is 1.68 bits per heavy atom. The number of benzene rings is 2. The van der Waals surface area contributed by atoms with Crippen LogP contribution in [0.3, 0.4) is 0 Å². The van der Waals surface area contributed by atoms with Gasteiger partial charge in [0, 0.05) is 12.8 Å². The number of carboxylic acids is 1. The number of nitrogens with one attached hydrogen (secondary N) is 2. The van der Waals surface area contributed by atoms with Gasteiger partial charge in [-0.3, -0.25) is 14.4 Å². The number of sulfonamides is 1. The second-order valence-corrected chi connectivity index (χ2v) is 11.7. The third-order valence-electron chi connectivity index (χ3n) is 6.38. The average molecular weight is 571 g/mol. The number of carbonyl (C=O) groups is 3. The van der Waals surface area contributed by atoms with E-state index >= 15 is 0 Å². The molecule has 12 nitrogen and oxygen atoms in total. The molecular formula is C27H32N5O7S-. The summed E-state index contributed by atoms with van der Waals surface area (Å²) in [7, 11) is -3.81. The number of hydrogen-bond acceptors (Lipinski definition) is 8. The number of rotatable bonds is 15. The highest BCUT2D eigenvalue weighted by Crippen LogP contribution is 2.32. The maximum Gasteiger partial charge on any atom is 0.305 e. The van der Waals surface area contributed by atoms with Crippen LogP contribution in [-0.2, 0) is 41.4 Å². The molecule has 0 spiro atoms. The number of nitrogens with zero attached hydrogens (tertiary/aromatic N) is 3. The molecule has 2 aromatic carbocycles. The van der Waals surface area contributed by atoms with E-state index < -0.39 is 58.3 Å². The van der Waals surface area contributed by atoms with Gasteiger partial charge in [-0.25, -0.2) is 13.1 Å². The van der Waals surface area contributed by atoms with Gasteiger partial charge in [0.2, 0.25) is 15.6 Å². The van der Waals surface area contributed by atoms with Crippen molar-refractivity contribution in [1.29, 1.82) is 0 Å². The van der Waals surface area contributed by atoms with Gasteiger partial charge in [0.15, 0.2) is 5.78 Å². The lowest BCUT2D eigenvalue weighted by Crippen LogP contribution is -2.55. The van der Waals surface area contributed by atoms with Gasteiger partial charge in [0.25, 0.3) is 5.91 Å². The van der Waals surface area contributed by atoms with Crippen LogP contribution in [0.2, 0.25) is 0 Å². The molecular weight excluding hydrogens is 538 g/mol. The van der Waals surface area contributed by atoms with Gasteiger partial charge in [-0.05, 0) is 17.0 Å². The molecule has 2 aromatic rings. The highest BCUT2D eigenvalue weighted by molar-refractivity contribution is 7.88. The molecule has 40 heavy (non-hydrogen) atoms. The van der Waals surface area contributed by atoms with Gasteiger partial charge in [0.05, 0.1) is 36.5 Å². The molecule has 3 rings (SSSR count). The van der Waals surface area contributed by atoms with Crippen LogP contribution in [0.25, 0.3) is 5.53 Å². The number of Topliss-reactive ketones (excluding diaryl/α,β-unsaturated/α-hetero) is 1. The van der Waals surface area contributed by atoms with Crippen molar-refractivity contribution in [1.82, 2.24) is 10.0 Å². The fraction of sp³-hybridized carbons (Fsp3) is 0.407. The monoisotopic (exact) mass is 570 g/mol. The number of carboxylic acid groups (broad SMARTS) is 1. The van der Waals surface area contributed by atoms with Crippen LogP contribution in [0.1, 0.15) is 37.8 Å². The zero-order valence-electron chi connectivity index (χ0n) is 22.2. The SMILES string of the molecule is CC(C)C(NS(=O)(=O)Cc1ccccc1)C1=NOC(Cc2ccccc2)(C(=O)N[C@@H](CC(=O)O)C(=O)CN=[N-])C1. The Bertz CT molecular complexity index is 1350. The van der Waals surface area contributed by atoms with Crippen LogP contribution in [-0.4, -0.2) is 61.1 Å². The molecule has 0 radical (unpaired) electrons. The Morgan fingerprint density at radius 1 is 1.07 bits per heavy atom. The summed E-state index contributed by atoms with van der Waals surface area (Å²) >= 11 is 0. The summed E-state index contributed by atoms with van der Waals surface area (Å²) in [6.07, 6.45) is -0.849. The molecule has 13 heteroatoms. The molecule has 0 aromatic heterocycles. The first-order valence-corrected chi connectivity index (χ1v) is 14.3. The Kier molecular flexibility index (Phi) is 10.2. The highest BCUT2D eigenvalue weighted by atomic mass is 32.2. The topological polar surface area (TPSA) is 186 Å². The van der Waals surface area contributed by atoms with Crippen LogP contribution in [0.4, 0.5) is 0 Å². The summed E-state index contributed by atoms with van der Waals surface area (Å²) in [6, 6.07) is 15.3. The van der Waals surface area contributed by atoms with E-state index in [-0.39, 0.29) is 30.2 Å². The first-order chi connectivity index (χ1) is 18.9. The van der Waals surface area contributed by atoms with Crippen molar-refractivity contribution < 1.29 is 32.7 Å². The normalized spacial score (nSPS) is 18.3. The van der Waals surface area contributed by atoms with Crippen molar-refractivity contribution in [2.24, 2.45) is 16.2 Å². The Hall–Kier alpha value is -3.97. The Labute approximate surface area is 232 Å². The second kappa shape index (κ2) is 13.4. The van der Waals surface area contributed by atoms with Gasteiger partial charge in [-0.1, -0.05) is 79.7 Å². The zero-order chi connectivity index (χ0) is 29.3. The first-order valence-electron chi connectivity index (χ1n) is 12.6. The molecule has 1 aliphatic heterocycles. The van der Waals surface area contributed by atoms with Gasteiger partial charge >= 0.3 is 5.97 Å². The average Bonchev–Trinajstić information content (AvgIpc) is 3.32. The minimum Gasteiger partial charge on any atom is -0.712 e. The van der Waals surface area contributed by atoms with E-state index in [2.05, 4.69) is 20.3 Å². The third-order valence-corrected chi connectivity index (χ3v) is 7.71. The van der Waals surface area contributed by atoms with Gasteiger partial charge < -0.3 is 25.9 Å². The van der Waals surface area contributed by atoms with E-state index in [9.17, 15) is 27.9 Å². The maximum atomic E-state index is 13.7. The summed E-state index contributed by atoms with van der Waals surface area (Å²) in [5.74, 6) is -3.47.